The largest absolute Gasteiger partial charge is 0.372 e. The van der Waals surface area contributed by atoms with Gasteiger partial charge in [0.15, 0.2) is 0 Å². The predicted molar refractivity (Wildman–Crippen MR) is 69.1 cm³/mol. The minimum absolute atomic E-state index is 0.336. The van der Waals surface area contributed by atoms with Crippen molar-refractivity contribution >= 4 is 0 Å². The van der Waals surface area contributed by atoms with Gasteiger partial charge in [0.25, 0.3) is 0 Å². The molecular formula is C15H21NO. The lowest BCUT2D eigenvalue weighted by molar-refractivity contribution is 0.0294. The van der Waals surface area contributed by atoms with Gasteiger partial charge in [-0.25, -0.2) is 0 Å². The zero-order chi connectivity index (χ0) is 11.5. The maximum Gasteiger partial charge on any atom is 0.0828 e. The first kappa shape index (κ1) is 11.2. The van der Waals surface area contributed by atoms with Crippen LogP contribution in [0.4, 0.5) is 0 Å². The highest BCUT2D eigenvalue weighted by atomic mass is 16.5. The summed E-state index contributed by atoms with van der Waals surface area (Å²) < 4.78 is 6.13. The minimum atomic E-state index is 0.336. The van der Waals surface area contributed by atoms with E-state index in [1.807, 2.05) is 0 Å². The standard InChI is InChI=1S/C15H21NO/c1-2-8-14-12(5-1)6-3-9-15(14)17-11-13-7-4-10-16-13/h1-2,5,8,13,15-16H,3-4,6-7,9-11H2. The monoisotopic (exact) mass is 231 g/mol. The number of aryl methyl sites for hydroxylation is 1. The van der Waals surface area contributed by atoms with Crippen LogP contribution < -0.4 is 5.32 Å². The number of hydrogen-bond acceptors (Lipinski definition) is 2. The molecule has 1 aromatic rings. The highest BCUT2D eigenvalue weighted by molar-refractivity contribution is 5.31. The van der Waals surface area contributed by atoms with Crippen LogP contribution in [0.2, 0.25) is 0 Å². The summed E-state index contributed by atoms with van der Waals surface area (Å²) in [7, 11) is 0. The third-order valence-corrected chi connectivity index (χ3v) is 3.98. The number of rotatable bonds is 3. The van der Waals surface area contributed by atoms with Gasteiger partial charge in [0.1, 0.15) is 0 Å². The van der Waals surface area contributed by atoms with Crippen molar-refractivity contribution in [2.45, 2.75) is 44.2 Å². The number of fused-ring (bicyclic) bond motifs is 1. The van der Waals surface area contributed by atoms with Crippen LogP contribution in [0.15, 0.2) is 24.3 Å². The van der Waals surface area contributed by atoms with Gasteiger partial charge < -0.3 is 10.1 Å². The van der Waals surface area contributed by atoms with Crippen LogP contribution in [0.3, 0.4) is 0 Å². The molecule has 0 radical (unpaired) electrons. The highest BCUT2D eigenvalue weighted by Crippen LogP contribution is 2.32. The number of hydrogen-bond donors (Lipinski definition) is 1. The summed E-state index contributed by atoms with van der Waals surface area (Å²) in [6.45, 7) is 2.04. The van der Waals surface area contributed by atoms with Crippen molar-refractivity contribution in [1.29, 1.82) is 0 Å². The SMILES string of the molecule is c1ccc2c(c1)CCCC2OCC1CCCN1. The number of ether oxygens (including phenoxy) is 1. The zero-order valence-electron chi connectivity index (χ0n) is 10.3. The van der Waals surface area contributed by atoms with Crippen LogP contribution in [-0.2, 0) is 11.2 Å². The fourth-order valence-corrected chi connectivity index (χ4v) is 3.01. The molecular weight excluding hydrogens is 210 g/mol. The van der Waals surface area contributed by atoms with Crippen molar-refractivity contribution in [1.82, 2.24) is 5.32 Å². The van der Waals surface area contributed by atoms with Crippen LogP contribution in [-0.4, -0.2) is 19.2 Å². The van der Waals surface area contributed by atoms with Crippen molar-refractivity contribution in [3.8, 4) is 0 Å². The maximum atomic E-state index is 6.13. The zero-order valence-corrected chi connectivity index (χ0v) is 10.3. The highest BCUT2D eigenvalue weighted by Gasteiger charge is 2.22. The molecule has 2 nitrogen and oxygen atoms in total. The van der Waals surface area contributed by atoms with Gasteiger partial charge in [-0.05, 0) is 49.8 Å². The average Bonchev–Trinajstić information content (AvgIpc) is 2.89. The summed E-state index contributed by atoms with van der Waals surface area (Å²) in [5, 5.41) is 3.50. The normalized spacial score (nSPS) is 28.0. The maximum absolute atomic E-state index is 6.13. The van der Waals surface area contributed by atoms with Gasteiger partial charge in [-0.1, -0.05) is 24.3 Å². The first-order valence-electron chi connectivity index (χ1n) is 6.86. The lowest BCUT2D eigenvalue weighted by atomic mass is 9.89. The Hall–Kier alpha value is -0.860. The third kappa shape index (κ3) is 2.53. The van der Waals surface area contributed by atoms with Crippen LogP contribution in [0.25, 0.3) is 0 Å². The van der Waals surface area contributed by atoms with E-state index in [4.69, 9.17) is 4.74 Å². The van der Waals surface area contributed by atoms with Crippen molar-refractivity contribution in [2.24, 2.45) is 0 Å². The van der Waals surface area contributed by atoms with Crippen molar-refractivity contribution in [2.75, 3.05) is 13.2 Å². The third-order valence-electron chi connectivity index (χ3n) is 3.98. The van der Waals surface area contributed by atoms with E-state index in [0.29, 0.717) is 12.1 Å². The van der Waals surface area contributed by atoms with Gasteiger partial charge >= 0.3 is 0 Å². The molecule has 17 heavy (non-hydrogen) atoms. The summed E-state index contributed by atoms with van der Waals surface area (Å²) in [5.41, 5.74) is 2.92. The molecule has 3 rings (SSSR count). The van der Waals surface area contributed by atoms with Gasteiger partial charge in [-0.2, -0.15) is 0 Å². The van der Waals surface area contributed by atoms with E-state index in [1.165, 1.54) is 43.2 Å². The molecule has 0 saturated carbocycles. The van der Waals surface area contributed by atoms with Crippen molar-refractivity contribution in [3.05, 3.63) is 35.4 Å². The fourth-order valence-electron chi connectivity index (χ4n) is 3.01. The Morgan fingerprint density at radius 3 is 3.00 bits per heavy atom. The lowest BCUT2D eigenvalue weighted by Gasteiger charge is -2.26. The number of nitrogens with one attached hydrogen (secondary N) is 1. The summed E-state index contributed by atoms with van der Waals surface area (Å²) in [5.74, 6) is 0. The molecule has 0 amide bonds. The molecule has 1 aromatic carbocycles. The quantitative estimate of drug-likeness (QED) is 0.863. The lowest BCUT2D eigenvalue weighted by Crippen LogP contribution is -2.28. The van der Waals surface area contributed by atoms with E-state index in [0.717, 1.165) is 13.2 Å². The molecule has 1 aliphatic heterocycles. The average molecular weight is 231 g/mol. The summed E-state index contributed by atoms with van der Waals surface area (Å²) >= 11 is 0. The molecule has 2 atom stereocenters. The molecule has 2 aliphatic rings. The Labute approximate surface area is 103 Å². The van der Waals surface area contributed by atoms with Gasteiger partial charge in [0, 0.05) is 6.04 Å². The second-order valence-electron chi connectivity index (χ2n) is 5.21. The van der Waals surface area contributed by atoms with Crippen LogP contribution in [0, 0.1) is 0 Å². The second kappa shape index (κ2) is 5.19. The Bertz CT molecular complexity index is 371. The fraction of sp³-hybridized carbons (Fsp3) is 0.600. The van der Waals surface area contributed by atoms with Gasteiger partial charge in [-0.3, -0.25) is 0 Å². The molecule has 1 N–H and O–H groups in total. The molecule has 0 bridgehead atoms. The minimum Gasteiger partial charge on any atom is -0.372 e. The van der Waals surface area contributed by atoms with E-state index >= 15 is 0 Å². The number of benzene rings is 1. The molecule has 0 spiro atoms. The molecule has 2 unspecified atom stereocenters. The van der Waals surface area contributed by atoms with E-state index in [9.17, 15) is 0 Å². The second-order valence-corrected chi connectivity index (χ2v) is 5.21. The Kier molecular flexibility index (Phi) is 3.44. The van der Waals surface area contributed by atoms with E-state index in [-0.39, 0.29) is 0 Å². The van der Waals surface area contributed by atoms with E-state index in [2.05, 4.69) is 29.6 Å². The molecule has 1 aliphatic carbocycles. The predicted octanol–water partition coefficient (Wildman–Crippen LogP) is 2.83. The molecule has 0 aromatic heterocycles. The Morgan fingerprint density at radius 2 is 2.12 bits per heavy atom. The van der Waals surface area contributed by atoms with E-state index < -0.39 is 0 Å². The van der Waals surface area contributed by atoms with Crippen LogP contribution in [0.1, 0.15) is 42.9 Å². The molecule has 1 fully saturated rings. The first-order chi connectivity index (χ1) is 8.43. The van der Waals surface area contributed by atoms with E-state index in [1.54, 1.807) is 0 Å². The molecule has 92 valence electrons. The Morgan fingerprint density at radius 1 is 1.18 bits per heavy atom. The summed E-state index contributed by atoms with van der Waals surface area (Å²) in [6, 6.07) is 9.35. The molecule has 1 heterocycles. The summed E-state index contributed by atoms with van der Waals surface area (Å²) in [4.78, 5) is 0. The smallest absolute Gasteiger partial charge is 0.0828 e. The molecule has 1 saturated heterocycles. The van der Waals surface area contributed by atoms with Crippen LogP contribution in [0.5, 0.6) is 0 Å². The van der Waals surface area contributed by atoms with Gasteiger partial charge in [-0.15, -0.1) is 0 Å². The summed E-state index contributed by atoms with van der Waals surface area (Å²) in [6.07, 6.45) is 6.58. The first-order valence-corrected chi connectivity index (χ1v) is 6.86. The Balaban J connectivity index is 1.64. The van der Waals surface area contributed by atoms with Gasteiger partial charge in [0.05, 0.1) is 12.7 Å². The van der Waals surface area contributed by atoms with Crippen molar-refractivity contribution in [3.63, 3.8) is 0 Å². The molecule has 2 heteroatoms. The van der Waals surface area contributed by atoms with Crippen molar-refractivity contribution < 1.29 is 4.74 Å². The van der Waals surface area contributed by atoms with Gasteiger partial charge in [0.2, 0.25) is 0 Å². The van der Waals surface area contributed by atoms with Crippen LogP contribution >= 0.6 is 0 Å². The topological polar surface area (TPSA) is 21.3 Å².